The lowest BCUT2D eigenvalue weighted by atomic mass is 10.1. The summed E-state index contributed by atoms with van der Waals surface area (Å²) in [5.74, 6) is -1.04. The van der Waals surface area contributed by atoms with E-state index in [1.807, 2.05) is 30.3 Å². The summed E-state index contributed by atoms with van der Waals surface area (Å²) in [6.07, 6.45) is 1.44. The summed E-state index contributed by atoms with van der Waals surface area (Å²) < 4.78 is 21.4. The number of anilines is 1. The molecule has 1 atom stereocenters. The number of sulfone groups is 1. The van der Waals surface area contributed by atoms with Gasteiger partial charge in [-0.15, -0.1) is 0 Å². The van der Waals surface area contributed by atoms with E-state index in [2.05, 4.69) is 0 Å². The van der Waals surface area contributed by atoms with Crippen LogP contribution < -0.4 is 4.90 Å². The second-order valence-electron chi connectivity index (χ2n) is 5.40. The Bertz CT molecular complexity index is 930. The molecule has 2 aromatic rings. The molecule has 24 heavy (non-hydrogen) atoms. The molecule has 8 heteroatoms. The van der Waals surface area contributed by atoms with Gasteiger partial charge in [-0.3, -0.25) is 4.79 Å². The van der Waals surface area contributed by atoms with Gasteiger partial charge in [0.15, 0.2) is 9.84 Å². The first kappa shape index (κ1) is 17.5. The predicted molar refractivity (Wildman–Crippen MR) is 98.4 cm³/mol. The fourth-order valence-electron chi connectivity index (χ4n) is 2.71. The Labute approximate surface area is 154 Å². The van der Waals surface area contributed by atoms with E-state index in [0.29, 0.717) is 5.69 Å². The molecule has 4 nitrogen and oxygen atoms in total. The number of rotatable bonds is 2. The first-order valence-corrected chi connectivity index (χ1v) is 9.83. The molecule has 0 spiro atoms. The molecule has 1 heterocycles. The summed E-state index contributed by atoms with van der Waals surface area (Å²) in [6, 6.07) is 12.0. The second-order valence-corrected chi connectivity index (χ2v) is 9.61. The van der Waals surface area contributed by atoms with Crippen LogP contribution in [-0.4, -0.2) is 29.9 Å². The number of halogens is 3. The third-order valence-corrected chi connectivity index (χ3v) is 5.59. The number of carbonyl (C=O) groups excluding carboxylic acids is 1. The van der Waals surface area contributed by atoms with Crippen LogP contribution in [0.2, 0.25) is 0 Å². The highest BCUT2D eigenvalue weighted by atomic mass is 35.6. The van der Waals surface area contributed by atoms with E-state index < -0.39 is 25.6 Å². The summed E-state index contributed by atoms with van der Waals surface area (Å²) >= 11 is 17.4. The number of hydrogen-bond donors (Lipinski definition) is 0. The van der Waals surface area contributed by atoms with E-state index in [4.69, 9.17) is 34.8 Å². The van der Waals surface area contributed by atoms with E-state index in [9.17, 15) is 13.2 Å². The maximum absolute atomic E-state index is 12.7. The standard InChI is InChI=1S/C16H12Cl3NO3S/c17-16(18,19)15(21)20(12-8-9-24(22,23)10-12)14-7-3-5-11-4-1-2-6-13(11)14/h1-9,12H,10H2. The van der Waals surface area contributed by atoms with Crippen molar-refractivity contribution in [2.75, 3.05) is 10.7 Å². The third-order valence-electron chi connectivity index (χ3n) is 3.73. The maximum Gasteiger partial charge on any atom is 0.279 e. The highest BCUT2D eigenvalue weighted by Gasteiger charge is 2.41. The van der Waals surface area contributed by atoms with Gasteiger partial charge in [-0.05, 0) is 17.5 Å². The van der Waals surface area contributed by atoms with E-state index in [1.54, 1.807) is 12.1 Å². The molecule has 0 saturated heterocycles. The topological polar surface area (TPSA) is 54.5 Å². The predicted octanol–water partition coefficient (Wildman–Crippen LogP) is 3.85. The Morgan fingerprint density at radius 3 is 2.38 bits per heavy atom. The molecule has 1 amide bonds. The molecule has 1 aliphatic heterocycles. The van der Waals surface area contributed by atoms with Crippen molar-refractivity contribution in [1.82, 2.24) is 0 Å². The van der Waals surface area contributed by atoms with Gasteiger partial charge in [0.1, 0.15) is 0 Å². The molecule has 0 N–H and O–H groups in total. The van der Waals surface area contributed by atoms with Gasteiger partial charge in [0.2, 0.25) is 0 Å². The second kappa shape index (κ2) is 6.23. The molecule has 0 fully saturated rings. The SMILES string of the molecule is O=C(N(c1cccc2ccccc12)C1C=CS(=O)(=O)C1)C(Cl)(Cl)Cl. The third kappa shape index (κ3) is 3.40. The highest BCUT2D eigenvalue weighted by Crippen LogP contribution is 2.36. The van der Waals surface area contributed by atoms with Gasteiger partial charge in [-0.1, -0.05) is 71.2 Å². The van der Waals surface area contributed by atoms with Crippen molar-refractivity contribution in [2.45, 2.75) is 9.83 Å². The smallest absolute Gasteiger partial charge is 0.279 e. The van der Waals surface area contributed by atoms with Crippen LogP contribution in [0.5, 0.6) is 0 Å². The van der Waals surface area contributed by atoms with Crippen molar-refractivity contribution in [3.05, 3.63) is 53.9 Å². The first-order chi connectivity index (χ1) is 11.2. The minimum absolute atomic E-state index is 0.247. The molecular formula is C16H12Cl3NO3S. The lowest BCUT2D eigenvalue weighted by Crippen LogP contribution is -2.46. The number of benzene rings is 2. The number of carbonyl (C=O) groups is 1. The summed E-state index contributed by atoms with van der Waals surface area (Å²) in [6.45, 7) is 0. The molecule has 0 radical (unpaired) electrons. The lowest BCUT2D eigenvalue weighted by Gasteiger charge is -2.31. The van der Waals surface area contributed by atoms with Crippen LogP contribution in [0.15, 0.2) is 53.9 Å². The quantitative estimate of drug-likeness (QED) is 0.714. The Morgan fingerprint density at radius 2 is 1.75 bits per heavy atom. The molecule has 1 aliphatic rings. The van der Waals surface area contributed by atoms with Crippen molar-refractivity contribution in [3.63, 3.8) is 0 Å². The van der Waals surface area contributed by atoms with Crippen LogP contribution >= 0.6 is 34.8 Å². The van der Waals surface area contributed by atoms with Crippen molar-refractivity contribution < 1.29 is 13.2 Å². The first-order valence-electron chi connectivity index (χ1n) is 6.98. The zero-order valence-electron chi connectivity index (χ0n) is 12.2. The van der Waals surface area contributed by atoms with Crippen LogP contribution in [0.3, 0.4) is 0 Å². The number of fused-ring (bicyclic) bond motifs is 1. The molecule has 126 valence electrons. The highest BCUT2D eigenvalue weighted by molar-refractivity contribution is 7.94. The molecule has 0 bridgehead atoms. The van der Waals surface area contributed by atoms with E-state index in [-0.39, 0.29) is 5.75 Å². The van der Waals surface area contributed by atoms with Crippen LogP contribution in [0, 0.1) is 0 Å². The average molecular weight is 405 g/mol. The van der Waals surface area contributed by atoms with Crippen molar-refractivity contribution >= 4 is 67.0 Å². The largest absolute Gasteiger partial charge is 0.300 e. The van der Waals surface area contributed by atoms with Gasteiger partial charge in [0.25, 0.3) is 9.70 Å². The molecule has 2 aromatic carbocycles. The number of alkyl halides is 3. The van der Waals surface area contributed by atoms with Crippen LogP contribution in [0.25, 0.3) is 10.8 Å². The van der Waals surface area contributed by atoms with Crippen molar-refractivity contribution in [2.24, 2.45) is 0 Å². The molecule has 0 aromatic heterocycles. The van der Waals surface area contributed by atoms with Gasteiger partial charge >= 0.3 is 0 Å². The minimum Gasteiger partial charge on any atom is -0.300 e. The minimum atomic E-state index is -3.38. The fourth-order valence-corrected chi connectivity index (χ4v) is 4.26. The Hall–Kier alpha value is -1.27. The summed E-state index contributed by atoms with van der Waals surface area (Å²) in [5.41, 5.74) is 0.496. The van der Waals surface area contributed by atoms with E-state index in [1.165, 1.54) is 11.0 Å². The monoisotopic (exact) mass is 403 g/mol. The Balaban J connectivity index is 2.18. The number of amides is 1. The van der Waals surface area contributed by atoms with Crippen molar-refractivity contribution in [3.8, 4) is 0 Å². The summed E-state index contributed by atoms with van der Waals surface area (Å²) in [5, 5.41) is 2.74. The zero-order valence-corrected chi connectivity index (χ0v) is 15.3. The van der Waals surface area contributed by atoms with Crippen molar-refractivity contribution in [1.29, 1.82) is 0 Å². The molecule has 1 unspecified atom stereocenters. The van der Waals surface area contributed by atoms with Gasteiger partial charge in [-0.2, -0.15) is 0 Å². The molecular weight excluding hydrogens is 393 g/mol. The lowest BCUT2D eigenvalue weighted by molar-refractivity contribution is -0.118. The summed E-state index contributed by atoms with van der Waals surface area (Å²) in [7, 11) is -3.38. The number of hydrogen-bond acceptors (Lipinski definition) is 3. The van der Waals surface area contributed by atoms with Crippen LogP contribution in [0.4, 0.5) is 5.69 Å². The van der Waals surface area contributed by atoms with Gasteiger partial charge in [0.05, 0.1) is 17.5 Å². The molecule has 0 saturated carbocycles. The molecule has 0 aliphatic carbocycles. The van der Waals surface area contributed by atoms with E-state index in [0.717, 1.165) is 16.2 Å². The average Bonchev–Trinajstić information content (AvgIpc) is 2.86. The van der Waals surface area contributed by atoms with Gasteiger partial charge in [0, 0.05) is 10.8 Å². The van der Waals surface area contributed by atoms with Gasteiger partial charge in [-0.25, -0.2) is 8.42 Å². The van der Waals surface area contributed by atoms with Crippen LogP contribution in [0.1, 0.15) is 0 Å². The number of nitrogens with zero attached hydrogens (tertiary/aromatic N) is 1. The Morgan fingerprint density at radius 1 is 1.08 bits per heavy atom. The molecule has 3 rings (SSSR count). The summed E-state index contributed by atoms with van der Waals surface area (Å²) in [4.78, 5) is 14.0. The van der Waals surface area contributed by atoms with Crippen LogP contribution in [-0.2, 0) is 14.6 Å². The Kier molecular flexibility index (Phi) is 4.55. The fraction of sp³-hybridized carbons (Fsp3) is 0.188. The maximum atomic E-state index is 12.7. The zero-order chi connectivity index (χ0) is 17.5. The van der Waals surface area contributed by atoms with E-state index >= 15 is 0 Å². The van der Waals surface area contributed by atoms with Gasteiger partial charge < -0.3 is 4.90 Å². The normalized spacial score (nSPS) is 19.5.